The first-order valence-electron chi connectivity index (χ1n) is 6.84. The summed E-state index contributed by atoms with van der Waals surface area (Å²) in [5, 5.41) is 3.23. The third-order valence-electron chi connectivity index (χ3n) is 3.58. The van der Waals surface area contributed by atoms with E-state index < -0.39 is 10.0 Å². The zero-order chi connectivity index (χ0) is 14.5. The van der Waals surface area contributed by atoms with Gasteiger partial charge in [0.25, 0.3) is 0 Å². The number of rotatable bonds is 6. The summed E-state index contributed by atoms with van der Waals surface area (Å²) in [7, 11) is -3.07. The predicted molar refractivity (Wildman–Crippen MR) is 75.4 cm³/mol. The molecular weight excluding hydrogens is 266 g/mol. The van der Waals surface area contributed by atoms with Gasteiger partial charge >= 0.3 is 0 Å². The fourth-order valence-corrected chi connectivity index (χ4v) is 3.19. The Morgan fingerprint density at radius 2 is 1.79 bits per heavy atom. The van der Waals surface area contributed by atoms with Crippen molar-refractivity contribution in [3.8, 4) is 0 Å². The van der Waals surface area contributed by atoms with E-state index in [1.165, 1.54) is 10.6 Å². The van der Waals surface area contributed by atoms with Crippen LogP contribution in [0.1, 0.15) is 26.7 Å². The van der Waals surface area contributed by atoms with E-state index >= 15 is 0 Å². The zero-order valence-corrected chi connectivity index (χ0v) is 12.9. The van der Waals surface area contributed by atoms with E-state index in [1.54, 1.807) is 4.90 Å². The molecular formula is C12H25N3O3S. The maximum absolute atomic E-state index is 11.8. The number of nitrogens with zero attached hydrogens (tertiary/aromatic N) is 2. The molecule has 7 heteroatoms. The number of sulfonamides is 1. The van der Waals surface area contributed by atoms with Crippen molar-refractivity contribution in [2.24, 2.45) is 0 Å². The van der Waals surface area contributed by atoms with Crippen LogP contribution in [0.25, 0.3) is 0 Å². The van der Waals surface area contributed by atoms with E-state index in [1.807, 2.05) is 13.8 Å². The monoisotopic (exact) mass is 291 g/mol. The first kappa shape index (κ1) is 16.4. The number of hydrogen-bond acceptors (Lipinski definition) is 4. The molecule has 19 heavy (non-hydrogen) atoms. The number of carbonyl (C=O) groups excluding carboxylic acids is 1. The summed E-state index contributed by atoms with van der Waals surface area (Å²) < 4.78 is 24.2. The Morgan fingerprint density at radius 1 is 1.26 bits per heavy atom. The van der Waals surface area contributed by atoms with Crippen molar-refractivity contribution in [3.05, 3.63) is 0 Å². The summed E-state index contributed by atoms with van der Waals surface area (Å²) in [5.74, 6) is 0.107. The van der Waals surface area contributed by atoms with Gasteiger partial charge in [-0.1, -0.05) is 0 Å². The lowest BCUT2D eigenvalue weighted by Gasteiger charge is -2.31. The molecule has 1 amide bonds. The highest BCUT2D eigenvalue weighted by Crippen LogP contribution is 2.12. The number of piperidine rings is 1. The van der Waals surface area contributed by atoms with Gasteiger partial charge in [0, 0.05) is 32.2 Å². The molecule has 0 aromatic carbocycles. The summed E-state index contributed by atoms with van der Waals surface area (Å²) in [4.78, 5) is 13.6. The average Bonchev–Trinajstić information content (AvgIpc) is 2.37. The number of nitrogens with one attached hydrogen (secondary N) is 1. The molecule has 1 fully saturated rings. The summed E-state index contributed by atoms with van der Waals surface area (Å²) >= 11 is 0. The molecule has 112 valence electrons. The lowest BCUT2D eigenvalue weighted by molar-refractivity contribution is -0.130. The van der Waals surface area contributed by atoms with E-state index in [0.29, 0.717) is 19.6 Å². The Balaban J connectivity index is 2.32. The van der Waals surface area contributed by atoms with E-state index in [4.69, 9.17) is 0 Å². The Bertz CT molecular complexity index is 385. The molecule has 0 atom stereocenters. The molecule has 1 rings (SSSR count). The molecule has 0 bridgehead atoms. The molecule has 0 aliphatic carbocycles. The lowest BCUT2D eigenvalue weighted by Crippen LogP contribution is -2.47. The van der Waals surface area contributed by atoms with E-state index in [0.717, 1.165) is 25.9 Å². The predicted octanol–water partition coefficient (Wildman–Crippen LogP) is -0.132. The molecule has 0 aromatic heterocycles. The summed E-state index contributed by atoms with van der Waals surface area (Å²) in [6, 6.07) is 0.234. The minimum atomic E-state index is -3.07. The Labute approximate surface area is 116 Å². The first-order valence-corrected chi connectivity index (χ1v) is 8.69. The Morgan fingerprint density at radius 3 is 2.21 bits per heavy atom. The fraction of sp³-hybridized carbons (Fsp3) is 0.917. The number of amides is 1. The van der Waals surface area contributed by atoms with Gasteiger partial charge in [0.15, 0.2) is 0 Å². The zero-order valence-electron chi connectivity index (χ0n) is 12.1. The average molecular weight is 291 g/mol. The molecule has 0 aromatic rings. The fourth-order valence-electron chi connectivity index (χ4n) is 2.31. The van der Waals surface area contributed by atoms with Crippen LogP contribution in [-0.2, 0) is 14.8 Å². The summed E-state index contributed by atoms with van der Waals surface area (Å²) in [6.45, 7) is 6.79. The van der Waals surface area contributed by atoms with Gasteiger partial charge in [0.05, 0.1) is 12.8 Å². The quantitative estimate of drug-likeness (QED) is 0.740. The Hall–Kier alpha value is -0.660. The molecule has 0 saturated carbocycles. The summed E-state index contributed by atoms with van der Waals surface area (Å²) in [6.07, 6.45) is 2.77. The third kappa shape index (κ3) is 5.08. The smallest absolute Gasteiger partial charge is 0.236 e. The molecule has 1 aliphatic heterocycles. The molecule has 1 heterocycles. The van der Waals surface area contributed by atoms with Gasteiger partial charge in [-0.05, 0) is 26.7 Å². The summed E-state index contributed by atoms with van der Waals surface area (Å²) in [5.41, 5.74) is 0. The van der Waals surface area contributed by atoms with E-state index in [9.17, 15) is 13.2 Å². The second-order valence-corrected chi connectivity index (χ2v) is 6.87. The Kier molecular flexibility index (Phi) is 6.22. The maximum atomic E-state index is 11.8. The number of hydrogen-bond donors (Lipinski definition) is 1. The number of likely N-dealkylation sites (N-methyl/N-ethyl adjacent to an activating group) is 1. The van der Waals surface area contributed by atoms with Crippen molar-refractivity contribution in [1.82, 2.24) is 14.5 Å². The van der Waals surface area contributed by atoms with Crippen molar-refractivity contribution in [1.29, 1.82) is 0 Å². The van der Waals surface area contributed by atoms with Crippen LogP contribution in [0.5, 0.6) is 0 Å². The first-order chi connectivity index (χ1) is 8.88. The van der Waals surface area contributed by atoms with Crippen molar-refractivity contribution in [3.63, 3.8) is 0 Å². The van der Waals surface area contributed by atoms with Crippen LogP contribution >= 0.6 is 0 Å². The third-order valence-corrected chi connectivity index (χ3v) is 4.88. The molecule has 1 aliphatic rings. The minimum absolute atomic E-state index is 0.107. The highest BCUT2D eigenvalue weighted by atomic mass is 32.2. The molecule has 1 saturated heterocycles. The van der Waals surface area contributed by atoms with Gasteiger partial charge < -0.3 is 10.2 Å². The number of carbonyl (C=O) groups is 1. The van der Waals surface area contributed by atoms with Gasteiger partial charge in [-0.3, -0.25) is 4.79 Å². The molecule has 0 unspecified atom stereocenters. The highest BCUT2D eigenvalue weighted by molar-refractivity contribution is 7.88. The van der Waals surface area contributed by atoms with Crippen molar-refractivity contribution in [2.75, 3.05) is 39.0 Å². The topological polar surface area (TPSA) is 69.7 Å². The SMILES string of the molecule is CCN(CC)C(=O)CNC1CCN(S(C)(=O)=O)CC1. The second kappa shape index (κ2) is 7.21. The van der Waals surface area contributed by atoms with Gasteiger partial charge in [-0.25, -0.2) is 12.7 Å². The standard InChI is InChI=1S/C12H25N3O3S/c1-4-14(5-2)12(16)10-13-11-6-8-15(9-7-11)19(3,17)18/h11,13H,4-10H2,1-3H3. The van der Waals surface area contributed by atoms with E-state index in [-0.39, 0.29) is 11.9 Å². The lowest BCUT2D eigenvalue weighted by atomic mass is 10.1. The van der Waals surface area contributed by atoms with Crippen molar-refractivity contribution >= 4 is 15.9 Å². The van der Waals surface area contributed by atoms with Gasteiger partial charge in [-0.2, -0.15) is 0 Å². The second-order valence-electron chi connectivity index (χ2n) is 4.88. The normalized spacial score (nSPS) is 18.5. The molecule has 6 nitrogen and oxygen atoms in total. The van der Waals surface area contributed by atoms with Crippen LogP contribution in [0.4, 0.5) is 0 Å². The van der Waals surface area contributed by atoms with Crippen LogP contribution in [0.15, 0.2) is 0 Å². The van der Waals surface area contributed by atoms with Gasteiger partial charge in [-0.15, -0.1) is 0 Å². The largest absolute Gasteiger partial charge is 0.342 e. The van der Waals surface area contributed by atoms with E-state index in [2.05, 4.69) is 5.32 Å². The highest BCUT2D eigenvalue weighted by Gasteiger charge is 2.25. The van der Waals surface area contributed by atoms with Gasteiger partial charge in [0.2, 0.25) is 15.9 Å². The molecule has 1 N–H and O–H groups in total. The van der Waals surface area contributed by atoms with Gasteiger partial charge in [0.1, 0.15) is 0 Å². The van der Waals surface area contributed by atoms with Crippen LogP contribution < -0.4 is 5.32 Å². The van der Waals surface area contributed by atoms with Crippen LogP contribution in [-0.4, -0.2) is 68.6 Å². The van der Waals surface area contributed by atoms with Crippen LogP contribution in [0.2, 0.25) is 0 Å². The minimum Gasteiger partial charge on any atom is -0.342 e. The van der Waals surface area contributed by atoms with Crippen LogP contribution in [0, 0.1) is 0 Å². The molecule has 0 radical (unpaired) electrons. The van der Waals surface area contributed by atoms with Crippen molar-refractivity contribution < 1.29 is 13.2 Å². The molecule has 0 spiro atoms. The van der Waals surface area contributed by atoms with Crippen molar-refractivity contribution in [2.45, 2.75) is 32.7 Å². The van der Waals surface area contributed by atoms with Crippen LogP contribution in [0.3, 0.4) is 0 Å². The maximum Gasteiger partial charge on any atom is 0.236 e.